The molecule has 4 heteroatoms. The molecule has 0 saturated carbocycles. The molecule has 0 N–H and O–H groups in total. The third-order valence-corrected chi connectivity index (χ3v) is 10.5. The molecule has 0 radical (unpaired) electrons. The van der Waals surface area contributed by atoms with Gasteiger partial charge in [-0.05, 0) is 55.0 Å². The summed E-state index contributed by atoms with van der Waals surface area (Å²) in [5, 5.41) is 4.61. The van der Waals surface area contributed by atoms with E-state index in [2.05, 4.69) is 166 Å². The van der Waals surface area contributed by atoms with Crippen LogP contribution in [0.4, 0.5) is 0 Å². The van der Waals surface area contributed by atoms with Gasteiger partial charge in [-0.1, -0.05) is 54.6 Å². The van der Waals surface area contributed by atoms with E-state index in [0.717, 1.165) is 38.5 Å². The summed E-state index contributed by atoms with van der Waals surface area (Å²) in [6.45, 7) is 2.18. The molecule has 4 aromatic carbocycles. The number of para-hydroxylation sites is 1. The molecule has 1 unspecified atom stereocenters. The molecule has 2 aliphatic rings. The zero-order valence-corrected chi connectivity index (χ0v) is 25.7. The number of benzene rings is 4. The van der Waals surface area contributed by atoms with Crippen LogP contribution in [0.5, 0.6) is 0 Å². The highest BCUT2D eigenvalue weighted by Gasteiger charge is 2.65. The van der Waals surface area contributed by atoms with E-state index in [1.807, 2.05) is 6.07 Å². The van der Waals surface area contributed by atoms with Crippen molar-refractivity contribution in [2.75, 3.05) is 0 Å². The quantitative estimate of drug-likeness (QED) is 0.127. The zero-order chi connectivity index (χ0) is 30.9. The van der Waals surface area contributed by atoms with E-state index in [9.17, 15) is 0 Å². The van der Waals surface area contributed by atoms with Gasteiger partial charge in [0.15, 0.2) is 18.6 Å². The minimum absolute atomic E-state index is 0.676. The number of nitrogens with zero attached hydrogens (tertiary/aromatic N) is 3. The van der Waals surface area contributed by atoms with Crippen LogP contribution in [0.2, 0.25) is 0 Å². The molecular weight excluding hydrogens is 574 g/mol. The summed E-state index contributed by atoms with van der Waals surface area (Å²) in [4.78, 5) is 0. The second-order valence-electron chi connectivity index (χ2n) is 12.9. The maximum atomic E-state index is 6.49. The fourth-order valence-corrected chi connectivity index (χ4v) is 8.65. The lowest BCUT2D eigenvalue weighted by atomic mass is 9.76. The first kappa shape index (κ1) is 25.1. The van der Waals surface area contributed by atoms with Gasteiger partial charge in [-0.25, -0.2) is 0 Å². The molecule has 0 fully saturated rings. The number of hydrogen-bond acceptors (Lipinski definition) is 1. The van der Waals surface area contributed by atoms with Crippen molar-refractivity contribution < 1.29 is 18.0 Å². The highest BCUT2D eigenvalue weighted by atomic mass is 16.3. The lowest BCUT2D eigenvalue weighted by Gasteiger charge is -2.24. The van der Waals surface area contributed by atoms with Crippen molar-refractivity contribution in [1.29, 1.82) is 0 Å². The van der Waals surface area contributed by atoms with E-state index in [-0.39, 0.29) is 0 Å². The van der Waals surface area contributed by atoms with Crippen molar-refractivity contribution in [3.63, 3.8) is 0 Å². The first-order valence-corrected chi connectivity index (χ1v) is 16.2. The molecular formula is C43H28N3O+3. The molecule has 218 valence electrons. The minimum Gasteiger partial charge on any atom is -0.456 e. The molecule has 47 heavy (non-hydrogen) atoms. The van der Waals surface area contributed by atoms with E-state index in [1.165, 1.54) is 50.3 Å². The van der Waals surface area contributed by atoms with Gasteiger partial charge in [-0.15, -0.1) is 0 Å². The SMILES string of the molecule is Cc1cc[n+]2c3c(c4cc5c(cc4c2c1)oc1ccccc15)-[n+]1ccccc1-c1ccccc1C31c2ccccc2-c2cccc[n+]21. The third kappa shape index (κ3) is 3.01. The summed E-state index contributed by atoms with van der Waals surface area (Å²) < 4.78 is 13.9. The van der Waals surface area contributed by atoms with Gasteiger partial charge in [-0.3, -0.25) is 0 Å². The Bertz CT molecular complexity index is 2780. The Labute approximate surface area is 270 Å². The van der Waals surface area contributed by atoms with Crippen LogP contribution < -0.4 is 13.5 Å². The predicted molar refractivity (Wildman–Crippen MR) is 183 cm³/mol. The molecule has 5 aromatic heterocycles. The molecule has 2 aliphatic heterocycles. The highest BCUT2D eigenvalue weighted by molar-refractivity contribution is 6.13. The lowest BCUT2D eigenvalue weighted by molar-refractivity contribution is -0.738. The van der Waals surface area contributed by atoms with Crippen molar-refractivity contribution in [3.05, 3.63) is 174 Å². The van der Waals surface area contributed by atoms with E-state index >= 15 is 0 Å². The fourth-order valence-electron chi connectivity index (χ4n) is 8.65. The van der Waals surface area contributed by atoms with Crippen molar-refractivity contribution in [1.82, 2.24) is 0 Å². The molecule has 0 bridgehead atoms. The van der Waals surface area contributed by atoms with Crippen LogP contribution in [-0.2, 0) is 5.54 Å². The molecule has 1 atom stereocenters. The third-order valence-electron chi connectivity index (χ3n) is 10.5. The minimum atomic E-state index is -0.676. The van der Waals surface area contributed by atoms with E-state index in [0.29, 0.717) is 0 Å². The van der Waals surface area contributed by atoms with E-state index in [4.69, 9.17) is 4.42 Å². The molecule has 11 rings (SSSR count). The van der Waals surface area contributed by atoms with Crippen LogP contribution >= 0.6 is 0 Å². The predicted octanol–water partition coefficient (Wildman–Crippen LogP) is 8.15. The Morgan fingerprint density at radius 3 is 2.09 bits per heavy atom. The van der Waals surface area contributed by atoms with Gasteiger partial charge < -0.3 is 4.42 Å². The number of aryl methyl sites for hydroxylation is 1. The number of furan rings is 1. The summed E-state index contributed by atoms with van der Waals surface area (Å²) in [5.74, 6) is 0. The summed E-state index contributed by atoms with van der Waals surface area (Å²) in [5.41, 5.74) is 13.2. The van der Waals surface area contributed by atoms with Crippen LogP contribution in [0.15, 0.2) is 156 Å². The average molecular weight is 603 g/mol. The Balaban J connectivity index is 1.49. The van der Waals surface area contributed by atoms with Crippen LogP contribution in [0, 0.1) is 6.92 Å². The maximum Gasteiger partial charge on any atom is 0.342 e. The first-order chi connectivity index (χ1) is 23.2. The van der Waals surface area contributed by atoms with Gasteiger partial charge in [-0.2, -0.15) is 13.5 Å². The highest BCUT2D eigenvalue weighted by Crippen LogP contribution is 2.51. The van der Waals surface area contributed by atoms with Gasteiger partial charge in [0.05, 0.1) is 33.0 Å². The topological polar surface area (TPSA) is 25.0 Å². The van der Waals surface area contributed by atoms with Gasteiger partial charge in [0.2, 0.25) is 16.9 Å². The fraction of sp³-hybridized carbons (Fsp3) is 0.0465. The zero-order valence-electron chi connectivity index (χ0n) is 25.7. The number of hydrogen-bond donors (Lipinski definition) is 0. The normalized spacial score (nSPS) is 15.9. The molecule has 4 nitrogen and oxygen atoms in total. The van der Waals surface area contributed by atoms with E-state index in [1.54, 1.807) is 0 Å². The molecule has 9 aromatic rings. The van der Waals surface area contributed by atoms with Crippen LogP contribution in [0.25, 0.3) is 66.4 Å². The van der Waals surface area contributed by atoms with E-state index < -0.39 is 5.54 Å². The summed E-state index contributed by atoms with van der Waals surface area (Å²) in [6, 6.07) is 48.7. The Kier molecular flexibility index (Phi) is 4.69. The Morgan fingerprint density at radius 2 is 1.23 bits per heavy atom. The van der Waals surface area contributed by atoms with Crippen LogP contribution in [0.1, 0.15) is 22.4 Å². The van der Waals surface area contributed by atoms with Gasteiger partial charge in [0.1, 0.15) is 11.2 Å². The molecule has 7 heterocycles. The standard InChI is InChI=1S/C43H28N3O/c1-27-20-23-45-38(24-27)31-26-40-32(28-12-4-7-19-39(28)47-40)25-33(31)41-42(45)43(34-15-5-2-13-29(34)36-17-8-10-21-44(36)41)35-16-6-3-14-30(35)37-18-9-11-22-46(37)43/h2-26H,1H3/q+3. The number of aromatic nitrogens is 3. The van der Waals surface area contributed by atoms with Crippen molar-refractivity contribution in [2.45, 2.75) is 12.5 Å². The van der Waals surface area contributed by atoms with Crippen LogP contribution in [-0.4, -0.2) is 0 Å². The van der Waals surface area contributed by atoms with Crippen molar-refractivity contribution in [2.24, 2.45) is 0 Å². The summed E-state index contributed by atoms with van der Waals surface area (Å²) in [6.07, 6.45) is 6.78. The van der Waals surface area contributed by atoms with Gasteiger partial charge in [0, 0.05) is 47.2 Å². The van der Waals surface area contributed by atoms with Crippen molar-refractivity contribution >= 4 is 38.2 Å². The molecule has 1 spiro atoms. The second kappa shape index (κ2) is 8.77. The van der Waals surface area contributed by atoms with Crippen molar-refractivity contribution in [3.8, 4) is 28.2 Å². The smallest absolute Gasteiger partial charge is 0.342 e. The maximum absolute atomic E-state index is 6.49. The molecule has 0 saturated heterocycles. The lowest BCUT2D eigenvalue weighted by Crippen LogP contribution is -2.61. The van der Waals surface area contributed by atoms with Gasteiger partial charge in [0.25, 0.3) is 5.69 Å². The summed E-state index contributed by atoms with van der Waals surface area (Å²) >= 11 is 0. The first-order valence-electron chi connectivity index (χ1n) is 16.2. The largest absolute Gasteiger partial charge is 0.456 e. The molecule has 0 aliphatic carbocycles. The number of pyridine rings is 4. The molecule has 0 amide bonds. The average Bonchev–Trinajstić information content (AvgIpc) is 3.60. The summed E-state index contributed by atoms with van der Waals surface area (Å²) in [7, 11) is 0. The number of rotatable bonds is 0. The second-order valence-corrected chi connectivity index (χ2v) is 12.9. The Morgan fingerprint density at radius 1 is 0.532 bits per heavy atom. The Hall–Kier alpha value is -6.13. The van der Waals surface area contributed by atoms with Crippen LogP contribution in [0.3, 0.4) is 0 Å². The monoisotopic (exact) mass is 602 g/mol. The number of fused-ring (bicyclic) bond motifs is 20. The van der Waals surface area contributed by atoms with Gasteiger partial charge >= 0.3 is 11.2 Å².